The first-order chi connectivity index (χ1) is 11.9. The summed E-state index contributed by atoms with van der Waals surface area (Å²) >= 11 is 0. The number of carbonyl (C=O) groups is 1. The van der Waals surface area contributed by atoms with Gasteiger partial charge in [0.05, 0.1) is 0 Å². The summed E-state index contributed by atoms with van der Waals surface area (Å²) in [4.78, 5) is 14.9. The molecular formula is C20H31FN2O2. The Balaban J connectivity index is 1.67. The molecule has 1 saturated heterocycles. The Morgan fingerprint density at radius 1 is 1.28 bits per heavy atom. The van der Waals surface area contributed by atoms with Crippen LogP contribution < -0.4 is 10.1 Å². The number of amides is 1. The van der Waals surface area contributed by atoms with Crippen molar-refractivity contribution in [2.45, 2.75) is 64.5 Å². The van der Waals surface area contributed by atoms with Crippen LogP contribution in [0.1, 0.15) is 52.9 Å². The van der Waals surface area contributed by atoms with Crippen molar-refractivity contribution in [1.29, 1.82) is 0 Å². The molecule has 0 saturated carbocycles. The summed E-state index contributed by atoms with van der Waals surface area (Å²) in [5.41, 5.74) is -0.987. The number of hydrogen-bond donors (Lipinski definition) is 1. The van der Waals surface area contributed by atoms with Crippen LogP contribution in [0, 0.1) is 5.82 Å². The van der Waals surface area contributed by atoms with Gasteiger partial charge in [-0.3, -0.25) is 4.79 Å². The first-order valence-corrected chi connectivity index (χ1v) is 9.35. The fourth-order valence-electron chi connectivity index (χ4n) is 3.19. The molecule has 1 aromatic carbocycles. The van der Waals surface area contributed by atoms with Gasteiger partial charge in [0.25, 0.3) is 5.91 Å². The molecule has 5 heteroatoms. The van der Waals surface area contributed by atoms with Crippen molar-refractivity contribution in [3.05, 3.63) is 30.1 Å². The Bertz CT molecular complexity index is 545. The Morgan fingerprint density at radius 3 is 2.68 bits per heavy atom. The second-order valence-electron chi connectivity index (χ2n) is 7.41. The molecule has 140 valence electrons. The highest BCUT2D eigenvalue weighted by atomic mass is 19.1. The zero-order valence-corrected chi connectivity index (χ0v) is 15.7. The Hall–Kier alpha value is -1.62. The van der Waals surface area contributed by atoms with Gasteiger partial charge in [0.2, 0.25) is 0 Å². The van der Waals surface area contributed by atoms with Gasteiger partial charge in [-0.05, 0) is 83.8 Å². The highest BCUT2D eigenvalue weighted by molar-refractivity contribution is 5.84. The molecule has 1 N–H and O–H groups in total. The topological polar surface area (TPSA) is 41.6 Å². The predicted molar refractivity (Wildman–Crippen MR) is 98.2 cm³/mol. The van der Waals surface area contributed by atoms with Crippen LogP contribution in [0.3, 0.4) is 0 Å². The number of halogens is 1. The van der Waals surface area contributed by atoms with E-state index < -0.39 is 5.60 Å². The van der Waals surface area contributed by atoms with Crippen molar-refractivity contribution >= 4 is 5.91 Å². The summed E-state index contributed by atoms with van der Waals surface area (Å²) in [6.07, 6.45) is 5.99. The van der Waals surface area contributed by atoms with E-state index in [9.17, 15) is 9.18 Å². The number of unbranched alkanes of at least 4 members (excludes halogenated alkanes) is 1. The van der Waals surface area contributed by atoms with Crippen LogP contribution in [0.2, 0.25) is 0 Å². The molecule has 0 bridgehead atoms. The lowest BCUT2D eigenvalue weighted by molar-refractivity contribution is -0.134. The Morgan fingerprint density at radius 2 is 2.00 bits per heavy atom. The van der Waals surface area contributed by atoms with Crippen molar-refractivity contribution in [2.75, 3.05) is 19.6 Å². The van der Waals surface area contributed by atoms with E-state index in [-0.39, 0.29) is 11.7 Å². The smallest absolute Gasteiger partial charge is 0.263 e. The van der Waals surface area contributed by atoms with Crippen molar-refractivity contribution in [1.82, 2.24) is 10.2 Å². The van der Waals surface area contributed by atoms with E-state index in [4.69, 9.17) is 4.74 Å². The molecule has 0 radical (unpaired) electrons. The maximum Gasteiger partial charge on any atom is 0.263 e. The van der Waals surface area contributed by atoms with E-state index in [2.05, 4.69) is 17.1 Å². The largest absolute Gasteiger partial charge is 0.478 e. The molecular weight excluding hydrogens is 319 g/mol. The third-order valence-electron chi connectivity index (χ3n) is 4.83. The maximum atomic E-state index is 12.9. The fraction of sp³-hybridized carbons (Fsp3) is 0.650. The SMILES string of the molecule is CC1CCCCN1CCCCNC(=O)C(C)(C)Oc1ccc(F)cc1. The normalized spacial score (nSPS) is 18.8. The quantitative estimate of drug-likeness (QED) is 0.726. The molecule has 0 spiro atoms. The molecule has 25 heavy (non-hydrogen) atoms. The number of benzene rings is 1. The van der Waals surface area contributed by atoms with Crippen LogP contribution in [0.5, 0.6) is 5.75 Å². The number of ether oxygens (including phenoxy) is 1. The van der Waals surface area contributed by atoms with Crippen LogP contribution in [0.4, 0.5) is 4.39 Å². The van der Waals surface area contributed by atoms with Gasteiger partial charge in [0.15, 0.2) is 5.60 Å². The summed E-state index contributed by atoms with van der Waals surface area (Å²) < 4.78 is 18.6. The summed E-state index contributed by atoms with van der Waals surface area (Å²) in [5, 5.41) is 2.95. The molecule has 1 heterocycles. The van der Waals surface area contributed by atoms with E-state index in [0.717, 1.165) is 19.4 Å². The number of carbonyl (C=O) groups excluding carboxylic acids is 1. The number of nitrogens with zero attached hydrogens (tertiary/aromatic N) is 1. The first-order valence-electron chi connectivity index (χ1n) is 9.35. The molecule has 0 aromatic heterocycles. The van der Waals surface area contributed by atoms with Gasteiger partial charge in [0, 0.05) is 12.6 Å². The van der Waals surface area contributed by atoms with Gasteiger partial charge < -0.3 is 15.0 Å². The van der Waals surface area contributed by atoms with Crippen LogP contribution >= 0.6 is 0 Å². The Labute approximate surface area is 150 Å². The number of hydrogen-bond acceptors (Lipinski definition) is 3. The summed E-state index contributed by atoms with van der Waals surface area (Å²) in [6.45, 7) is 8.70. The minimum Gasteiger partial charge on any atom is -0.478 e. The van der Waals surface area contributed by atoms with E-state index in [1.807, 2.05) is 0 Å². The van der Waals surface area contributed by atoms with Crippen LogP contribution in [0.15, 0.2) is 24.3 Å². The fourth-order valence-corrected chi connectivity index (χ4v) is 3.19. The molecule has 2 rings (SSSR count). The van der Waals surface area contributed by atoms with Crippen molar-refractivity contribution in [2.24, 2.45) is 0 Å². The van der Waals surface area contributed by atoms with Gasteiger partial charge in [-0.2, -0.15) is 0 Å². The highest BCUT2D eigenvalue weighted by Crippen LogP contribution is 2.19. The van der Waals surface area contributed by atoms with Crippen LogP contribution in [0.25, 0.3) is 0 Å². The van der Waals surface area contributed by atoms with Gasteiger partial charge in [0.1, 0.15) is 11.6 Å². The number of rotatable bonds is 8. The summed E-state index contributed by atoms with van der Waals surface area (Å²) in [7, 11) is 0. The monoisotopic (exact) mass is 350 g/mol. The van der Waals surface area contributed by atoms with Crippen LogP contribution in [-0.2, 0) is 4.79 Å². The number of likely N-dealkylation sites (tertiary alicyclic amines) is 1. The molecule has 1 aliphatic heterocycles. The van der Waals surface area contributed by atoms with Crippen molar-refractivity contribution in [3.63, 3.8) is 0 Å². The van der Waals surface area contributed by atoms with Crippen molar-refractivity contribution in [3.8, 4) is 5.75 Å². The lowest BCUT2D eigenvalue weighted by atomic mass is 10.0. The minimum absolute atomic E-state index is 0.150. The molecule has 1 atom stereocenters. The summed E-state index contributed by atoms with van der Waals surface area (Å²) in [5.74, 6) is 0.0152. The minimum atomic E-state index is -0.987. The van der Waals surface area contributed by atoms with Gasteiger partial charge in [-0.25, -0.2) is 4.39 Å². The lowest BCUT2D eigenvalue weighted by Gasteiger charge is -2.33. The van der Waals surface area contributed by atoms with Crippen molar-refractivity contribution < 1.29 is 13.9 Å². The van der Waals surface area contributed by atoms with Crippen LogP contribution in [-0.4, -0.2) is 42.1 Å². The summed E-state index contributed by atoms with van der Waals surface area (Å²) in [6, 6.07) is 6.40. The van der Waals surface area contributed by atoms with E-state index >= 15 is 0 Å². The molecule has 1 aromatic rings. The molecule has 1 fully saturated rings. The molecule has 1 unspecified atom stereocenters. The van der Waals surface area contributed by atoms with E-state index in [1.165, 1.54) is 50.1 Å². The third kappa shape index (κ3) is 6.31. The van der Waals surface area contributed by atoms with Gasteiger partial charge in [-0.15, -0.1) is 0 Å². The second-order valence-corrected chi connectivity index (χ2v) is 7.41. The lowest BCUT2D eigenvalue weighted by Crippen LogP contribution is -2.47. The number of nitrogens with one attached hydrogen (secondary N) is 1. The third-order valence-corrected chi connectivity index (χ3v) is 4.83. The molecule has 1 aliphatic rings. The average molecular weight is 350 g/mol. The molecule has 0 aliphatic carbocycles. The number of piperidine rings is 1. The highest BCUT2D eigenvalue weighted by Gasteiger charge is 2.29. The maximum absolute atomic E-state index is 12.9. The van der Waals surface area contributed by atoms with Gasteiger partial charge >= 0.3 is 0 Å². The van der Waals surface area contributed by atoms with Gasteiger partial charge in [-0.1, -0.05) is 6.42 Å². The second kappa shape index (κ2) is 9.18. The molecule has 1 amide bonds. The Kier molecular flexibility index (Phi) is 7.24. The predicted octanol–water partition coefficient (Wildman–Crippen LogP) is 3.75. The van der Waals surface area contributed by atoms with E-state index in [0.29, 0.717) is 18.3 Å². The first kappa shape index (κ1) is 19.7. The zero-order chi connectivity index (χ0) is 18.3. The molecule has 4 nitrogen and oxygen atoms in total. The zero-order valence-electron chi connectivity index (χ0n) is 15.7. The average Bonchev–Trinajstić information content (AvgIpc) is 2.58. The van der Waals surface area contributed by atoms with E-state index in [1.54, 1.807) is 13.8 Å². The standard InChI is InChI=1S/C20H31FN2O2/c1-16-8-4-6-14-23(16)15-7-5-13-22-19(24)20(2,3)25-18-11-9-17(21)10-12-18/h9-12,16H,4-8,13-15H2,1-3H3,(H,22,24).